The molecule has 1 aromatic heterocycles. The number of benzene rings is 1. The lowest BCUT2D eigenvalue weighted by molar-refractivity contribution is 0.440. The first-order valence-corrected chi connectivity index (χ1v) is 6.64. The summed E-state index contributed by atoms with van der Waals surface area (Å²) in [6, 6.07) is 12.1. The van der Waals surface area contributed by atoms with Crippen LogP contribution in [0.1, 0.15) is 36.4 Å². The molecular weight excluding hydrogens is 230 g/mol. The van der Waals surface area contributed by atoms with Gasteiger partial charge in [-0.1, -0.05) is 24.3 Å². The zero-order valence-corrected chi connectivity index (χ0v) is 10.9. The van der Waals surface area contributed by atoms with E-state index < -0.39 is 0 Å². The number of nitrogens with one attached hydrogen (secondary N) is 1. The van der Waals surface area contributed by atoms with E-state index in [0.29, 0.717) is 11.8 Å². The number of phenolic OH excluding ortho intramolecular Hbond substituents is 1. The van der Waals surface area contributed by atoms with Crippen molar-refractivity contribution in [1.29, 1.82) is 0 Å². The van der Waals surface area contributed by atoms with Gasteiger partial charge in [-0.05, 0) is 31.4 Å². The number of aromatic hydroxyl groups is 1. The zero-order valence-electron chi connectivity index (χ0n) is 10.1. The lowest BCUT2D eigenvalue weighted by atomic mass is 10.1. The molecule has 0 aliphatic heterocycles. The summed E-state index contributed by atoms with van der Waals surface area (Å²) in [5.41, 5.74) is 0.941. The Kier molecular flexibility index (Phi) is 3.82. The minimum atomic E-state index is 0.133. The Morgan fingerprint density at radius 1 is 1.06 bits per heavy atom. The van der Waals surface area contributed by atoms with Gasteiger partial charge >= 0.3 is 0 Å². The maximum atomic E-state index is 9.79. The summed E-state index contributed by atoms with van der Waals surface area (Å²) < 4.78 is 0. The molecule has 0 radical (unpaired) electrons. The van der Waals surface area contributed by atoms with E-state index in [-0.39, 0.29) is 6.04 Å². The van der Waals surface area contributed by atoms with Crippen molar-refractivity contribution in [3.05, 3.63) is 52.2 Å². The molecule has 90 valence electrons. The molecule has 0 aliphatic carbocycles. The molecule has 0 aliphatic rings. The van der Waals surface area contributed by atoms with Gasteiger partial charge in [0.05, 0.1) is 0 Å². The molecule has 3 heteroatoms. The summed E-state index contributed by atoms with van der Waals surface area (Å²) in [5.74, 6) is 0.353. The molecule has 2 nitrogen and oxygen atoms in total. The van der Waals surface area contributed by atoms with E-state index in [1.54, 1.807) is 17.4 Å². The minimum absolute atomic E-state index is 0.133. The van der Waals surface area contributed by atoms with Crippen LogP contribution in [0.3, 0.4) is 0 Å². The van der Waals surface area contributed by atoms with Crippen LogP contribution >= 0.6 is 11.3 Å². The standard InChI is InChI=1S/C14H17NOS/c1-10(12-6-3-4-7-13(12)16)15-11(2)14-8-5-9-17-14/h3-11,15-16H,1-2H3/t10?,11-/m1/s1. The summed E-state index contributed by atoms with van der Waals surface area (Å²) in [6.07, 6.45) is 0. The Morgan fingerprint density at radius 2 is 1.82 bits per heavy atom. The lowest BCUT2D eigenvalue weighted by Gasteiger charge is -2.20. The van der Waals surface area contributed by atoms with Gasteiger partial charge in [0.15, 0.2) is 0 Å². The predicted octanol–water partition coefficient (Wildman–Crippen LogP) is 3.87. The van der Waals surface area contributed by atoms with Crippen LogP contribution in [0.2, 0.25) is 0 Å². The van der Waals surface area contributed by atoms with E-state index in [1.165, 1.54) is 4.88 Å². The molecule has 17 heavy (non-hydrogen) atoms. The Hall–Kier alpha value is -1.32. The van der Waals surface area contributed by atoms with Gasteiger partial charge in [0.1, 0.15) is 5.75 Å². The van der Waals surface area contributed by atoms with E-state index in [1.807, 2.05) is 18.2 Å². The summed E-state index contributed by atoms with van der Waals surface area (Å²) >= 11 is 1.75. The average Bonchev–Trinajstić information content (AvgIpc) is 2.82. The van der Waals surface area contributed by atoms with E-state index >= 15 is 0 Å². The fourth-order valence-electron chi connectivity index (χ4n) is 1.94. The number of phenols is 1. The smallest absolute Gasteiger partial charge is 0.120 e. The number of thiophene rings is 1. The first-order valence-electron chi connectivity index (χ1n) is 5.76. The molecule has 1 aromatic carbocycles. The van der Waals surface area contributed by atoms with Gasteiger partial charge in [0.25, 0.3) is 0 Å². The molecule has 1 heterocycles. The Morgan fingerprint density at radius 3 is 2.47 bits per heavy atom. The molecule has 2 N–H and O–H groups in total. The van der Waals surface area contributed by atoms with Gasteiger partial charge in [-0.25, -0.2) is 0 Å². The molecule has 0 spiro atoms. The third kappa shape index (κ3) is 2.87. The monoisotopic (exact) mass is 247 g/mol. The van der Waals surface area contributed by atoms with Crippen molar-refractivity contribution in [2.75, 3.05) is 0 Å². The lowest BCUT2D eigenvalue weighted by Crippen LogP contribution is -2.21. The molecule has 0 bridgehead atoms. The average molecular weight is 247 g/mol. The van der Waals surface area contributed by atoms with Crippen molar-refractivity contribution < 1.29 is 5.11 Å². The van der Waals surface area contributed by atoms with E-state index in [0.717, 1.165) is 5.56 Å². The molecule has 0 saturated heterocycles. The second-order valence-electron chi connectivity index (χ2n) is 4.18. The highest BCUT2D eigenvalue weighted by Crippen LogP contribution is 2.27. The SMILES string of the molecule is CC(N[C@H](C)c1cccs1)c1ccccc1O. The van der Waals surface area contributed by atoms with Gasteiger partial charge in [-0.2, -0.15) is 0 Å². The van der Waals surface area contributed by atoms with E-state index in [4.69, 9.17) is 0 Å². The number of rotatable bonds is 4. The first kappa shape index (κ1) is 12.1. The summed E-state index contributed by atoms with van der Waals surface area (Å²) in [5, 5.41) is 15.4. The van der Waals surface area contributed by atoms with Crippen LogP contribution in [0, 0.1) is 0 Å². The Bertz CT molecular complexity index is 467. The quantitative estimate of drug-likeness (QED) is 0.859. The van der Waals surface area contributed by atoms with Crippen LogP contribution in [0.5, 0.6) is 5.75 Å². The third-order valence-electron chi connectivity index (χ3n) is 2.87. The second-order valence-corrected chi connectivity index (χ2v) is 5.16. The van der Waals surface area contributed by atoms with Crippen LogP contribution in [-0.2, 0) is 0 Å². The molecule has 0 saturated carbocycles. The van der Waals surface area contributed by atoms with Gasteiger partial charge < -0.3 is 10.4 Å². The van der Waals surface area contributed by atoms with Crippen LogP contribution < -0.4 is 5.32 Å². The van der Waals surface area contributed by atoms with Crippen molar-refractivity contribution in [1.82, 2.24) is 5.32 Å². The van der Waals surface area contributed by atoms with Crippen LogP contribution in [0.15, 0.2) is 41.8 Å². The number of hydrogen-bond acceptors (Lipinski definition) is 3. The van der Waals surface area contributed by atoms with Crippen molar-refractivity contribution >= 4 is 11.3 Å². The van der Waals surface area contributed by atoms with Gasteiger partial charge in [-0.15, -0.1) is 11.3 Å². The van der Waals surface area contributed by atoms with Gasteiger partial charge in [0, 0.05) is 22.5 Å². The van der Waals surface area contributed by atoms with Gasteiger partial charge in [-0.3, -0.25) is 0 Å². The maximum absolute atomic E-state index is 9.79. The fraction of sp³-hybridized carbons (Fsp3) is 0.286. The van der Waals surface area contributed by atoms with Crippen LogP contribution in [0.25, 0.3) is 0 Å². The first-order chi connectivity index (χ1) is 8.18. The largest absolute Gasteiger partial charge is 0.508 e. The van der Waals surface area contributed by atoms with Crippen molar-refractivity contribution in [3.8, 4) is 5.75 Å². The summed E-state index contributed by atoms with van der Waals surface area (Å²) in [6.45, 7) is 4.21. The Balaban J connectivity index is 2.07. The molecule has 2 aromatic rings. The van der Waals surface area contributed by atoms with E-state index in [9.17, 15) is 5.11 Å². The van der Waals surface area contributed by atoms with Gasteiger partial charge in [0.2, 0.25) is 0 Å². The third-order valence-corrected chi connectivity index (χ3v) is 3.93. The van der Waals surface area contributed by atoms with Crippen LogP contribution in [0.4, 0.5) is 0 Å². The molecule has 1 unspecified atom stereocenters. The summed E-state index contributed by atoms with van der Waals surface area (Å²) in [7, 11) is 0. The topological polar surface area (TPSA) is 32.3 Å². The zero-order chi connectivity index (χ0) is 12.3. The molecular formula is C14H17NOS. The van der Waals surface area contributed by atoms with Crippen molar-refractivity contribution in [3.63, 3.8) is 0 Å². The van der Waals surface area contributed by atoms with E-state index in [2.05, 4.69) is 36.7 Å². The number of hydrogen-bond donors (Lipinski definition) is 2. The highest BCUT2D eigenvalue weighted by atomic mass is 32.1. The van der Waals surface area contributed by atoms with Crippen LogP contribution in [-0.4, -0.2) is 5.11 Å². The number of para-hydroxylation sites is 1. The summed E-state index contributed by atoms with van der Waals surface area (Å²) in [4.78, 5) is 1.31. The molecule has 0 fully saturated rings. The maximum Gasteiger partial charge on any atom is 0.120 e. The predicted molar refractivity (Wildman–Crippen MR) is 72.4 cm³/mol. The minimum Gasteiger partial charge on any atom is -0.508 e. The second kappa shape index (κ2) is 5.34. The molecule has 2 atom stereocenters. The highest BCUT2D eigenvalue weighted by molar-refractivity contribution is 7.10. The molecule has 2 rings (SSSR count). The van der Waals surface area contributed by atoms with Crippen molar-refractivity contribution in [2.45, 2.75) is 25.9 Å². The fourth-order valence-corrected chi connectivity index (χ4v) is 2.68. The van der Waals surface area contributed by atoms with Crippen molar-refractivity contribution in [2.24, 2.45) is 0 Å². The highest BCUT2D eigenvalue weighted by Gasteiger charge is 2.13. The normalized spacial score (nSPS) is 14.5. The Labute approximate surface area is 106 Å². The molecule has 0 amide bonds.